The van der Waals surface area contributed by atoms with Crippen LogP contribution in [0.1, 0.15) is 19.8 Å². The number of nitrogens with zero attached hydrogens (tertiary/aromatic N) is 3. The van der Waals surface area contributed by atoms with Gasteiger partial charge < -0.3 is 15.2 Å². The normalized spacial score (nSPS) is 17.9. The summed E-state index contributed by atoms with van der Waals surface area (Å²) >= 11 is 0. The summed E-state index contributed by atoms with van der Waals surface area (Å²) in [4.78, 5) is 6.79. The van der Waals surface area contributed by atoms with E-state index in [0.29, 0.717) is 11.9 Å². The SMILES string of the molecule is CC(CN1CCCC1)Cn1c(N)nc2ccc(F)cc21. The first-order valence-corrected chi connectivity index (χ1v) is 7.27. The summed E-state index contributed by atoms with van der Waals surface area (Å²) in [7, 11) is 0. The summed E-state index contributed by atoms with van der Waals surface area (Å²) < 4.78 is 15.3. The van der Waals surface area contributed by atoms with Gasteiger partial charge in [-0.1, -0.05) is 6.92 Å². The summed E-state index contributed by atoms with van der Waals surface area (Å²) in [6, 6.07) is 4.62. The van der Waals surface area contributed by atoms with E-state index in [-0.39, 0.29) is 5.82 Å². The highest BCUT2D eigenvalue weighted by Gasteiger charge is 2.17. The van der Waals surface area contributed by atoms with E-state index in [4.69, 9.17) is 5.73 Å². The summed E-state index contributed by atoms with van der Waals surface area (Å²) in [6.45, 7) is 6.44. The van der Waals surface area contributed by atoms with Gasteiger partial charge in [0.05, 0.1) is 11.0 Å². The van der Waals surface area contributed by atoms with Crippen molar-refractivity contribution in [2.45, 2.75) is 26.3 Å². The van der Waals surface area contributed by atoms with Crippen molar-refractivity contribution in [3.8, 4) is 0 Å². The van der Waals surface area contributed by atoms with E-state index in [1.165, 1.54) is 38.1 Å². The van der Waals surface area contributed by atoms with Crippen LogP contribution in [0.5, 0.6) is 0 Å². The lowest BCUT2D eigenvalue weighted by atomic mass is 10.1. The smallest absolute Gasteiger partial charge is 0.201 e. The van der Waals surface area contributed by atoms with E-state index in [1.807, 2.05) is 4.57 Å². The van der Waals surface area contributed by atoms with Gasteiger partial charge in [0.25, 0.3) is 0 Å². The average molecular weight is 276 g/mol. The number of halogens is 1. The predicted molar refractivity (Wildman–Crippen MR) is 78.9 cm³/mol. The van der Waals surface area contributed by atoms with Crippen LogP contribution in [-0.4, -0.2) is 34.1 Å². The molecule has 2 N–H and O–H groups in total. The highest BCUT2D eigenvalue weighted by Crippen LogP contribution is 2.21. The highest BCUT2D eigenvalue weighted by molar-refractivity contribution is 5.78. The molecule has 0 saturated carbocycles. The van der Waals surface area contributed by atoms with Crippen LogP contribution in [0.15, 0.2) is 18.2 Å². The fraction of sp³-hybridized carbons (Fsp3) is 0.533. The van der Waals surface area contributed by atoms with Gasteiger partial charge in [0.2, 0.25) is 5.95 Å². The molecule has 108 valence electrons. The molecule has 0 amide bonds. The Morgan fingerprint density at radius 3 is 2.80 bits per heavy atom. The fourth-order valence-corrected chi connectivity index (χ4v) is 3.08. The van der Waals surface area contributed by atoms with E-state index in [2.05, 4.69) is 16.8 Å². The molecule has 1 aliphatic rings. The van der Waals surface area contributed by atoms with Crippen LogP contribution in [0, 0.1) is 11.7 Å². The molecule has 20 heavy (non-hydrogen) atoms. The predicted octanol–water partition coefficient (Wildman–Crippen LogP) is 2.49. The Bertz CT molecular complexity index is 601. The largest absolute Gasteiger partial charge is 0.369 e. The van der Waals surface area contributed by atoms with Crippen molar-refractivity contribution in [1.82, 2.24) is 14.5 Å². The third kappa shape index (κ3) is 2.63. The van der Waals surface area contributed by atoms with Gasteiger partial charge >= 0.3 is 0 Å². The Morgan fingerprint density at radius 2 is 2.05 bits per heavy atom. The van der Waals surface area contributed by atoms with E-state index in [1.54, 1.807) is 6.07 Å². The van der Waals surface area contributed by atoms with Crippen molar-refractivity contribution in [2.75, 3.05) is 25.4 Å². The molecule has 4 nitrogen and oxygen atoms in total. The van der Waals surface area contributed by atoms with E-state index >= 15 is 0 Å². The second-order valence-electron chi connectivity index (χ2n) is 5.83. The summed E-state index contributed by atoms with van der Waals surface area (Å²) in [5.41, 5.74) is 7.52. The maximum atomic E-state index is 13.4. The summed E-state index contributed by atoms with van der Waals surface area (Å²) in [6.07, 6.45) is 2.60. The Balaban J connectivity index is 1.78. The molecule has 1 unspecified atom stereocenters. The molecule has 1 aromatic carbocycles. The first-order valence-electron chi connectivity index (χ1n) is 7.27. The van der Waals surface area contributed by atoms with Gasteiger partial charge in [0.1, 0.15) is 5.82 Å². The van der Waals surface area contributed by atoms with Gasteiger partial charge in [0.15, 0.2) is 0 Å². The van der Waals surface area contributed by atoms with Crippen LogP contribution >= 0.6 is 0 Å². The van der Waals surface area contributed by atoms with Crippen LogP contribution < -0.4 is 5.73 Å². The molecule has 0 spiro atoms. The van der Waals surface area contributed by atoms with Gasteiger partial charge in [-0.25, -0.2) is 9.37 Å². The van der Waals surface area contributed by atoms with Gasteiger partial charge in [0, 0.05) is 13.1 Å². The lowest BCUT2D eigenvalue weighted by Gasteiger charge is -2.21. The minimum Gasteiger partial charge on any atom is -0.369 e. The maximum Gasteiger partial charge on any atom is 0.201 e. The Kier molecular flexibility index (Phi) is 3.61. The quantitative estimate of drug-likeness (QED) is 0.933. The minimum absolute atomic E-state index is 0.245. The van der Waals surface area contributed by atoms with Crippen molar-refractivity contribution >= 4 is 17.0 Å². The zero-order valence-corrected chi connectivity index (χ0v) is 11.8. The molecule has 5 heteroatoms. The number of imidazole rings is 1. The number of nitrogen functional groups attached to an aromatic ring is 1. The number of nitrogens with two attached hydrogens (primary N) is 1. The minimum atomic E-state index is -0.245. The number of likely N-dealkylation sites (tertiary alicyclic amines) is 1. The molecule has 1 aliphatic heterocycles. The first-order chi connectivity index (χ1) is 9.63. The molecule has 0 radical (unpaired) electrons. The molecule has 1 aromatic heterocycles. The number of anilines is 1. The molecule has 2 heterocycles. The molecule has 0 aliphatic carbocycles. The first kappa shape index (κ1) is 13.4. The number of hydrogen-bond donors (Lipinski definition) is 1. The van der Waals surface area contributed by atoms with Crippen LogP contribution in [0.25, 0.3) is 11.0 Å². The van der Waals surface area contributed by atoms with Gasteiger partial charge in [-0.2, -0.15) is 0 Å². The number of fused-ring (bicyclic) bond motifs is 1. The fourth-order valence-electron chi connectivity index (χ4n) is 3.08. The third-order valence-electron chi connectivity index (χ3n) is 4.00. The van der Waals surface area contributed by atoms with Crippen molar-refractivity contribution in [1.29, 1.82) is 0 Å². The van der Waals surface area contributed by atoms with Crippen molar-refractivity contribution < 1.29 is 4.39 Å². The lowest BCUT2D eigenvalue weighted by molar-refractivity contribution is 0.273. The molecular formula is C15H21FN4. The van der Waals surface area contributed by atoms with Crippen molar-refractivity contribution in [3.05, 3.63) is 24.0 Å². The van der Waals surface area contributed by atoms with Crippen molar-refractivity contribution in [3.63, 3.8) is 0 Å². The molecule has 0 bridgehead atoms. The Hall–Kier alpha value is -1.62. The topological polar surface area (TPSA) is 47.1 Å². The molecule has 1 fully saturated rings. The number of rotatable bonds is 4. The lowest BCUT2D eigenvalue weighted by Crippen LogP contribution is -2.27. The summed E-state index contributed by atoms with van der Waals surface area (Å²) in [5.74, 6) is 0.695. The van der Waals surface area contributed by atoms with Crippen LogP contribution in [0.4, 0.5) is 10.3 Å². The Morgan fingerprint density at radius 1 is 1.30 bits per heavy atom. The second-order valence-corrected chi connectivity index (χ2v) is 5.83. The second kappa shape index (κ2) is 5.40. The molecular weight excluding hydrogens is 255 g/mol. The number of aromatic nitrogens is 2. The van der Waals surface area contributed by atoms with Gasteiger partial charge in [-0.05, 0) is 50.0 Å². The van der Waals surface area contributed by atoms with Gasteiger partial charge in [-0.15, -0.1) is 0 Å². The Labute approximate surface area is 118 Å². The van der Waals surface area contributed by atoms with E-state index < -0.39 is 0 Å². The molecule has 3 rings (SSSR count). The molecule has 1 saturated heterocycles. The summed E-state index contributed by atoms with van der Waals surface area (Å²) in [5, 5.41) is 0. The standard InChI is InChI=1S/C15H21FN4/c1-11(9-19-6-2-3-7-19)10-20-14-8-12(16)4-5-13(14)18-15(20)17/h4-5,8,11H,2-3,6-7,9-10H2,1H3,(H2,17,18). The third-order valence-corrected chi connectivity index (χ3v) is 4.00. The average Bonchev–Trinajstić information content (AvgIpc) is 3.00. The highest BCUT2D eigenvalue weighted by atomic mass is 19.1. The van der Waals surface area contributed by atoms with Crippen LogP contribution in [0.3, 0.4) is 0 Å². The maximum absolute atomic E-state index is 13.4. The number of benzene rings is 1. The number of hydrogen-bond acceptors (Lipinski definition) is 3. The van der Waals surface area contributed by atoms with E-state index in [0.717, 1.165) is 24.1 Å². The van der Waals surface area contributed by atoms with Crippen molar-refractivity contribution in [2.24, 2.45) is 5.92 Å². The van der Waals surface area contributed by atoms with Crippen LogP contribution in [-0.2, 0) is 6.54 Å². The monoisotopic (exact) mass is 276 g/mol. The zero-order chi connectivity index (χ0) is 14.1. The van der Waals surface area contributed by atoms with Gasteiger partial charge in [-0.3, -0.25) is 0 Å². The molecule has 2 aromatic rings. The van der Waals surface area contributed by atoms with Crippen LogP contribution in [0.2, 0.25) is 0 Å². The van der Waals surface area contributed by atoms with E-state index in [9.17, 15) is 4.39 Å². The molecule has 1 atom stereocenters. The zero-order valence-electron chi connectivity index (χ0n) is 11.8.